The smallest absolute Gasteiger partial charge is 0.254 e. The summed E-state index contributed by atoms with van der Waals surface area (Å²) in [5, 5.41) is 0. The molecule has 23 heavy (non-hydrogen) atoms. The molecule has 4 nitrogen and oxygen atoms in total. The van der Waals surface area contributed by atoms with E-state index in [1.54, 1.807) is 12.1 Å². The Bertz CT molecular complexity index is 574. The molecule has 1 saturated carbocycles. The van der Waals surface area contributed by atoms with Gasteiger partial charge in [-0.2, -0.15) is 0 Å². The standard InChI is InChI=1S/C18H25FN2O2/c1-12-8-16(20)6-7-21(12)18(22)14-4-5-17(19)15(9-14)11-23-10-13-2-3-13/h4-5,9,12-13,16H,2-3,6-8,10-11,20H2,1H3/t12-,16-/m0/s1. The summed E-state index contributed by atoms with van der Waals surface area (Å²) in [6.45, 7) is 3.58. The fourth-order valence-electron chi connectivity index (χ4n) is 3.11. The van der Waals surface area contributed by atoms with Gasteiger partial charge in [-0.05, 0) is 56.7 Å². The SMILES string of the molecule is C[C@H]1C[C@@H](N)CCN1C(=O)c1ccc(F)c(COCC2CC2)c1. The summed E-state index contributed by atoms with van der Waals surface area (Å²) in [7, 11) is 0. The first-order valence-corrected chi connectivity index (χ1v) is 8.47. The van der Waals surface area contributed by atoms with Crippen LogP contribution in [0, 0.1) is 11.7 Å². The molecule has 2 atom stereocenters. The number of nitrogens with two attached hydrogens (primary N) is 1. The number of nitrogens with zero attached hydrogens (tertiary/aromatic N) is 1. The van der Waals surface area contributed by atoms with E-state index in [2.05, 4.69) is 0 Å². The minimum atomic E-state index is -0.314. The normalized spacial score (nSPS) is 24.7. The predicted molar refractivity (Wildman–Crippen MR) is 86.5 cm³/mol. The van der Waals surface area contributed by atoms with Crippen molar-refractivity contribution in [3.05, 3.63) is 35.1 Å². The molecular weight excluding hydrogens is 295 g/mol. The van der Waals surface area contributed by atoms with Crippen molar-refractivity contribution in [2.45, 2.75) is 51.3 Å². The Hall–Kier alpha value is -1.46. The first-order valence-electron chi connectivity index (χ1n) is 8.47. The molecule has 1 aromatic carbocycles. The van der Waals surface area contributed by atoms with Crippen LogP contribution in [-0.4, -0.2) is 36.0 Å². The van der Waals surface area contributed by atoms with Crippen molar-refractivity contribution in [3.8, 4) is 0 Å². The quantitative estimate of drug-likeness (QED) is 0.907. The summed E-state index contributed by atoms with van der Waals surface area (Å²) >= 11 is 0. The molecule has 3 rings (SSSR count). The zero-order valence-corrected chi connectivity index (χ0v) is 13.6. The number of piperidine rings is 1. The van der Waals surface area contributed by atoms with Crippen molar-refractivity contribution in [2.24, 2.45) is 11.7 Å². The minimum Gasteiger partial charge on any atom is -0.376 e. The number of hydrogen-bond donors (Lipinski definition) is 1. The number of hydrogen-bond acceptors (Lipinski definition) is 3. The van der Waals surface area contributed by atoms with Gasteiger partial charge in [0, 0.05) is 36.4 Å². The number of carbonyl (C=O) groups excluding carboxylic acids is 1. The Morgan fingerprint density at radius 2 is 2.17 bits per heavy atom. The van der Waals surface area contributed by atoms with Crippen LogP contribution < -0.4 is 5.73 Å². The van der Waals surface area contributed by atoms with Crippen molar-refractivity contribution in [1.29, 1.82) is 0 Å². The highest BCUT2D eigenvalue weighted by Crippen LogP contribution is 2.29. The maximum atomic E-state index is 13.9. The molecule has 1 amide bonds. The summed E-state index contributed by atoms with van der Waals surface area (Å²) in [5.41, 5.74) is 6.93. The Balaban J connectivity index is 1.67. The van der Waals surface area contributed by atoms with Gasteiger partial charge in [-0.15, -0.1) is 0 Å². The van der Waals surface area contributed by atoms with E-state index in [9.17, 15) is 9.18 Å². The fraction of sp³-hybridized carbons (Fsp3) is 0.611. The lowest BCUT2D eigenvalue weighted by Gasteiger charge is -2.36. The highest BCUT2D eigenvalue weighted by atomic mass is 19.1. The van der Waals surface area contributed by atoms with Crippen LogP contribution in [0.15, 0.2) is 18.2 Å². The lowest BCUT2D eigenvalue weighted by molar-refractivity contribution is 0.0618. The molecule has 1 aromatic rings. The van der Waals surface area contributed by atoms with Gasteiger partial charge in [-0.25, -0.2) is 4.39 Å². The number of ether oxygens (including phenoxy) is 1. The molecule has 2 aliphatic rings. The second-order valence-corrected chi connectivity index (χ2v) is 6.90. The van der Waals surface area contributed by atoms with Gasteiger partial charge in [-0.1, -0.05) is 0 Å². The first-order chi connectivity index (χ1) is 11.0. The number of halogens is 1. The van der Waals surface area contributed by atoms with Crippen molar-refractivity contribution in [1.82, 2.24) is 4.90 Å². The minimum absolute atomic E-state index is 0.0483. The maximum absolute atomic E-state index is 13.9. The Labute approximate surface area is 136 Å². The number of amides is 1. The van der Waals surface area contributed by atoms with Crippen molar-refractivity contribution in [3.63, 3.8) is 0 Å². The van der Waals surface area contributed by atoms with Gasteiger partial charge in [0.05, 0.1) is 6.61 Å². The largest absolute Gasteiger partial charge is 0.376 e. The van der Waals surface area contributed by atoms with Gasteiger partial charge in [0.25, 0.3) is 5.91 Å². The maximum Gasteiger partial charge on any atom is 0.254 e. The number of benzene rings is 1. The van der Waals surface area contributed by atoms with Crippen LogP contribution >= 0.6 is 0 Å². The molecule has 1 aliphatic heterocycles. The highest BCUT2D eigenvalue weighted by Gasteiger charge is 2.28. The van der Waals surface area contributed by atoms with Crippen molar-refractivity contribution < 1.29 is 13.9 Å². The lowest BCUT2D eigenvalue weighted by Crippen LogP contribution is -2.48. The molecule has 0 spiro atoms. The van der Waals surface area contributed by atoms with E-state index in [-0.39, 0.29) is 30.4 Å². The zero-order valence-electron chi connectivity index (χ0n) is 13.6. The van der Waals surface area contributed by atoms with Gasteiger partial charge in [0.2, 0.25) is 0 Å². The molecule has 0 unspecified atom stereocenters. The molecule has 2 N–H and O–H groups in total. The summed E-state index contributed by atoms with van der Waals surface area (Å²) in [6, 6.07) is 4.83. The average molecular weight is 320 g/mol. The molecular formula is C18H25FN2O2. The summed E-state index contributed by atoms with van der Waals surface area (Å²) in [5.74, 6) is 0.278. The Morgan fingerprint density at radius 1 is 1.39 bits per heavy atom. The molecule has 1 aliphatic carbocycles. The molecule has 126 valence electrons. The summed E-state index contributed by atoms with van der Waals surface area (Å²) in [6.07, 6.45) is 4.03. The van der Waals surface area contributed by atoms with Gasteiger partial charge < -0.3 is 15.4 Å². The van der Waals surface area contributed by atoms with Crippen molar-refractivity contribution in [2.75, 3.05) is 13.2 Å². The van der Waals surface area contributed by atoms with E-state index in [4.69, 9.17) is 10.5 Å². The Morgan fingerprint density at radius 3 is 2.87 bits per heavy atom. The molecule has 5 heteroatoms. The molecule has 2 fully saturated rings. The third kappa shape index (κ3) is 4.09. The average Bonchev–Trinajstić information content (AvgIpc) is 3.33. The third-order valence-corrected chi connectivity index (χ3v) is 4.78. The molecule has 0 radical (unpaired) electrons. The second kappa shape index (κ2) is 6.97. The van der Waals surface area contributed by atoms with Crippen molar-refractivity contribution >= 4 is 5.91 Å². The monoisotopic (exact) mass is 320 g/mol. The highest BCUT2D eigenvalue weighted by molar-refractivity contribution is 5.94. The van der Waals surface area contributed by atoms with Crippen LogP contribution in [0.1, 0.15) is 48.5 Å². The van der Waals surface area contributed by atoms with E-state index in [0.29, 0.717) is 30.2 Å². The second-order valence-electron chi connectivity index (χ2n) is 6.90. The molecule has 1 heterocycles. The zero-order chi connectivity index (χ0) is 16.4. The van der Waals surface area contributed by atoms with Crippen LogP contribution in [0.4, 0.5) is 4.39 Å². The number of rotatable bonds is 5. The van der Waals surface area contributed by atoms with E-state index in [1.165, 1.54) is 18.9 Å². The van der Waals surface area contributed by atoms with Crippen LogP contribution in [-0.2, 0) is 11.3 Å². The van der Waals surface area contributed by atoms with Gasteiger partial charge in [-0.3, -0.25) is 4.79 Å². The van der Waals surface area contributed by atoms with Crippen LogP contribution in [0.2, 0.25) is 0 Å². The Kier molecular flexibility index (Phi) is 4.97. The third-order valence-electron chi connectivity index (χ3n) is 4.78. The molecule has 1 saturated heterocycles. The summed E-state index contributed by atoms with van der Waals surface area (Å²) in [4.78, 5) is 14.5. The van der Waals surface area contributed by atoms with E-state index in [1.807, 2.05) is 11.8 Å². The number of likely N-dealkylation sites (tertiary alicyclic amines) is 1. The molecule has 0 aromatic heterocycles. The van der Waals surface area contributed by atoms with Gasteiger partial charge in [0.15, 0.2) is 0 Å². The molecule has 0 bridgehead atoms. The summed E-state index contributed by atoms with van der Waals surface area (Å²) < 4.78 is 19.5. The van der Waals surface area contributed by atoms with E-state index < -0.39 is 0 Å². The number of carbonyl (C=O) groups is 1. The van der Waals surface area contributed by atoms with Gasteiger partial charge >= 0.3 is 0 Å². The van der Waals surface area contributed by atoms with Gasteiger partial charge in [0.1, 0.15) is 5.82 Å². The predicted octanol–water partition coefficient (Wildman–Crippen LogP) is 2.70. The van der Waals surface area contributed by atoms with Crippen LogP contribution in [0.25, 0.3) is 0 Å². The first kappa shape index (κ1) is 16.4. The van der Waals surface area contributed by atoms with E-state index >= 15 is 0 Å². The fourth-order valence-corrected chi connectivity index (χ4v) is 3.11. The van der Waals surface area contributed by atoms with E-state index in [0.717, 1.165) is 12.8 Å². The lowest BCUT2D eigenvalue weighted by atomic mass is 9.98. The van der Waals surface area contributed by atoms with Crippen LogP contribution in [0.3, 0.4) is 0 Å². The van der Waals surface area contributed by atoms with Crippen LogP contribution in [0.5, 0.6) is 0 Å². The topological polar surface area (TPSA) is 55.6 Å².